The maximum Gasteiger partial charge on any atom is 0.256 e. The summed E-state index contributed by atoms with van der Waals surface area (Å²) < 4.78 is 30.1. The van der Waals surface area contributed by atoms with Crippen LogP contribution in [0.15, 0.2) is 60.9 Å². The average Bonchev–Trinajstić information content (AvgIpc) is 3.86. The minimum atomic E-state index is -0.483. The molecule has 0 spiro atoms. The predicted molar refractivity (Wildman–Crippen MR) is 204 cm³/mol. The smallest absolute Gasteiger partial charge is 0.256 e. The molecule has 3 aliphatic heterocycles. The van der Waals surface area contributed by atoms with Crippen molar-refractivity contribution >= 4 is 46.5 Å². The van der Waals surface area contributed by atoms with E-state index in [2.05, 4.69) is 25.9 Å². The Morgan fingerprint density at radius 3 is 2.47 bits per heavy atom. The number of fused-ring (bicyclic) bond motifs is 1. The van der Waals surface area contributed by atoms with Gasteiger partial charge < -0.3 is 25.3 Å². The fourth-order valence-corrected chi connectivity index (χ4v) is 7.72. The van der Waals surface area contributed by atoms with Gasteiger partial charge in [-0.2, -0.15) is 5.10 Å². The number of anilines is 3. The number of carbonyl (C=O) groups excluding carboxylic acids is 4. The number of piperidine rings is 1. The van der Waals surface area contributed by atoms with Crippen LogP contribution in [0.2, 0.25) is 0 Å². The third kappa shape index (κ3) is 9.03. The number of unbranched alkanes of at least 4 members (excludes halogenated alkanes) is 4. The molecule has 55 heavy (non-hydrogen) atoms. The molecule has 3 N–H and O–H groups in total. The molecule has 4 amide bonds. The van der Waals surface area contributed by atoms with Gasteiger partial charge in [0.15, 0.2) is 5.65 Å². The molecule has 5 heterocycles. The highest BCUT2D eigenvalue weighted by Crippen LogP contribution is 2.37. The SMILES string of the molecule is O=C1CCC(Nc2ccc(N3CCN(C(=O)CCCCCCCNC(=O)c4cnn5ccc(N6CCC[C@@H]6c6cc(F)ccc6F)nc45)CC3)cc2)C(=O)N1. The first-order valence-corrected chi connectivity index (χ1v) is 19.3. The minimum absolute atomic E-state index is 0.183. The van der Waals surface area contributed by atoms with Gasteiger partial charge in [-0.15, -0.1) is 0 Å². The molecular weight excluding hydrogens is 708 g/mol. The second-order valence-electron chi connectivity index (χ2n) is 14.5. The Balaban J connectivity index is 0.783. The van der Waals surface area contributed by atoms with Crippen molar-refractivity contribution in [2.24, 2.45) is 0 Å². The van der Waals surface area contributed by atoms with Crippen LogP contribution in [0.4, 0.5) is 26.0 Å². The molecule has 2 aromatic heterocycles. The Labute approximate surface area is 318 Å². The van der Waals surface area contributed by atoms with E-state index in [0.29, 0.717) is 74.5 Å². The molecule has 0 aliphatic carbocycles. The zero-order chi connectivity index (χ0) is 38.3. The maximum atomic E-state index is 14.6. The zero-order valence-electron chi connectivity index (χ0n) is 30.8. The van der Waals surface area contributed by atoms with Crippen molar-refractivity contribution in [2.75, 3.05) is 54.4 Å². The first-order chi connectivity index (χ1) is 26.7. The quantitative estimate of drug-likeness (QED) is 0.120. The van der Waals surface area contributed by atoms with Crippen LogP contribution >= 0.6 is 0 Å². The third-order valence-corrected chi connectivity index (χ3v) is 10.8. The van der Waals surface area contributed by atoms with Gasteiger partial charge in [-0.1, -0.05) is 19.3 Å². The molecule has 2 atom stereocenters. The average molecular weight is 756 g/mol. The summed E-state index contributed by atoms with van der Waals surface area (Å²) in [6.45, 7) is 3.99. The summed E-state index contributed by atoms with van der Waals surface area (Å²) in [5.41, 5.74) is 2.95. The van der Waals surface area contributed by atoms with Gasteiger partial charge in [-0.05, 0) is 80.6 Å². The highest BCUT2D eigenvalue weighted by atomic mass is 19.1. The number of rotatable bonds is 14. The third-order valence-electron chi connectivity index (χ3n) is 10.8. The Morgan fingerprint density at radius 1 is 0.891 bits per heavy atom. The van der Waals surface area contributed by atoms with E-state index >= 15 is 0 Å². The molecule has 15 heteroatoms. The summed E-state index contributed by atoms with van der Waals surface area (Å²) >= 11 is 0. The molecule has 3 fully saturated rings. The Hall–Kier alpha value is -5.60. The largest absolute Gasteiger partial charge is 0.374 e. The number of halogens is 2. The second kappa shape index (κ2) is 17.2. The van der Waals surface area contributed by atoms with Crippen LogP contribution in [0.3, 0.4) is 0 Å². The lowest BCUT2D eigenvalue weighted by molar-refractivity contribution is -0.134. The lowest BCUT2D eigenvalue weighted by Crippen LogP contribution is -2.48. The summed E-state index contributed by atoms with van der Waals surface area (Å²) in [4.78, 5) is 60.3. The van der Waals surface area contributed by atoms with Crippen molar-refractivity contribution in [1.82, 2.24) is 30.1 Å². The number of hydrogen-bond acceptors (Lipinski definition) is 9. The maximum absolute atomic E-state index is 14.6. The molecule has 0 radical (unpaired) electrons. The van der Waals surface area contributed by atoms with Gasteiger partial charge in [-0.3, -0.25) is 24.5 Å². The molecule has 4 aromatic rings. The molecule has 1 unspecified atom stereocenters. The number of amides is 4. The van der Waals surface area contributed by atoms with E-state index in [0.717, 1.165) is 75.1 Å². The molecule has 0 bridgehead atoms. The fraction of sp³-hybridized carbons (Fsp3) is 0.450. The normalized spacial score (nSPS) is 18.8. The first-order valence-electron chi connectivity index (χ1n) is 19.3. The zero-order valence-corrected chi connectivity index (χ0v) is 30.8. The van der Waals surface area contributed by atoms with Crippen LogP contribution in [0, 0.1) is 11.6 Å². The predicted octanol–water partition coefficient (Wildman–Crippen LogP) is 4.99. The van der Waals surface area contributed by atoms with Crippen LogP contribution in [0.25, 0.3) is 5.65 Å². The van der Waals surface area contributed by atoms with Gasteiger partial charge in [0.1, 0.15) is 29.1 Å². The van der Waals surface area contributed by atoms with E-state index in [9.17, 15) is 28.0 Å². The summed E-state index contributed by atoms with van der Waals surface area (Å²) in [7, 11) is 0. The summed E-state index contributed by atoms with van der Waals surface area (Å²) in [5, 5.41) is 12.8. The van der Waals surface area contributed by atoms with E-state index in [4.69, 9.17) is 4.98 Å². The fourth-order valence-electron chi connectivity index (χ4n) is 7.72. The minimum Gasteiger partial charge on any atom is -0.374 e. The van der Waals surface area contributed by atoms with Crippen molar-refractivity contribution in [2.45, 2.75) is 76.3 Å². The lowest BCUT2D eigenvalue weighted by Gasteiger charge is -2.36. The van der Waals surface area contributed by atoms with Gasteiger partial charge in [0.2, 0.25) is 17.7 Å². The van der Waals surface area contributed by atoms with Gasteiger partial charge in [0, 0.05) is 75.2 Å². The van der Waals surface area contributed by atoms with Gasteiger partial charge in [0.25, 0.3) is 5.91 Å². The van der Waals surface area contributed by atoms with Crippen molar-refractivity contribution in [3.8, 4) is 0 Å². The molecule has 13 nitrogen and oxygen atoms in total. The second-order valence-corrected chi connectivity index (χ2v) is 14.5. The molecule has 2 aromatic carbocycles. The Bertz CT molecular complexity index is 2020. The van der Waals surface area contributed by atoms with Gasteiger partial charge in [0.05, 0.1) is 12.2 Å². The van der Waals surface area contributed by atoms with E-state index in [1.807, 2.05) is 34.1 Å². The highest BCUT2D eigenvalue weighted by molar-refractivity contribution is 6.01. The van der Waals surface area contributed by atoms with E-state index in [-0.39, 0.29) is 29.7 Å². The number of carbonyl (C=O) groups is 4. The lowest BCUT2D eigenvalue weighted by atomic mass is 10.0. The molecule has 7 rings (SSSR count). The van der Waals surface area contributed by atoms with Crippen molar-refractivity contribution in [3.05, 3.63) is 83.7 Å². The van der Waals surface area contributed by atoms with E-state index < -0.39 is 17.7 Å². The first kappa shape index (κ1) is 37.7. The monoisotopic (exact) mass is 755 g/mol. The van der Waals surface area contributed by atoms with Crippen LogP contribution in [-0.2, 0) is 14.4 Å². The molecule has 0 saturated carbocycles. The number of hydrogen-bond donors (Lipinski definition) is 3. The molecular formula is C40H47F2N9O4. The standard InChI is InChI=1S/C40H47F2N9O4/c41-27-9-14-32(42)30(25-27)34-7-6-19-50(34)35-17-20-51-38(46-35)31(26-44-51)39(54)43-18-5-3-1-2-4-8-37(53)49-23-21-48(22-24-49)29-12-10-28(11-13-29)45-33-15-16-36(52)47-40(33)55/h9-14,17,20,25-26,33-34,45H,1-8,15-16,18-19,21-24H2,(H,43,54)(H,47,52,55)/t33?,34-/m1/s1. The van der Waals surface area contributed by atoms with Crippen LogP contribution in [-0.4, -0.2) is 88.4 Å². The number of nitrogens with one attached hydrogen (secondary N) is 3. The Morgan fingerprint density at radius 2 is 1.67 bits per heavy atom. The highest BCUT2D eigenvalue weighted by Gasteiger charge is 2.31. The number of piperazine rings is 1. The van der Waals surface area contributed by atoms with Crippen LogP contribution < -0.4 is 25.8 Å². The van der Waals surface area contributed by atoms with E-state index in [1.54, 1.807) is 16.8 Å². The number of benzene rings is 2. The van der Waals surface area contributed by atoms with Crippen molar-refractivity contribution < 1.29 is 28.0 Å². The van der Waals surface area contributed by atoms with E-state index in [1.165, 1.54) is 12.3 Å². The summed E-state index contributed by atoms with van der Waals surface area (Å²) in [5.74, 6) is -0.964. The number of nitrogens with zero attached hydrogens (tertiary/aromatic N) is 6. The number of aromatic nitrogens is 3. The van der Waals surface area contributed by atoms with Gasteiger partial charge >= 0.3 is 0 Å². The van der Waals surface area contributed by atoms with Crippen LogP contribution in [0.1, 0.15) is 86.2 Å². The molecule has 3 aliphatic rings. The molecule has 290 valence electrons. The van der Waals surface area contributed by atoms with Crippen molar-refractivity contribution in [3.63, 3.8) is 0 Å². The van der Waals surface area contributed by atoms with Crippen LogP contribution in [0.5, 0.6) is 0 Å². The summed E-state index contributed by atoms with van der Waals surface area (Å²) in [6.07, 6.45) is 10.5. The number of imide groups is 1. The van der Waals surface area contributed by atoms with Gasteiger partial charge in [-0.25, -0.2) is 18.3 Å². The summed E-state index contributed by atoms with van der Waals surface area (Å²) in [6, 6.07) is 12.4. The topological polar surface area (TPSA) is 144 Å². The van der Waals surface area contributed by atoms with Crippen molar-refractivity contribution in [1.29, 1.82) is 0 Å². The Kier molecular flexibility index (Phi) is 11.8. The molecule has 3 saturated heterocycles.